The van der Waals surface area contributed by atoms with Crippen LogP contribution in [-0.2, 0) is 0 Å². The standard InChI is InChI=1S/C14H10N2OS/c15-14(17)10-4-1-3-9(7-10)11-5-2-6-13-12(11)8-16-18-13/h1-8H,(H2,15,17). The van der Waals surface area contributed by atoms with E-state index in [4.69, 9.17) is 5.73 Å². The summed E-state index contributed by atoms with van der Waals surface area (Å²) >= 11 is 1.47. The molecule has 0 radical (unpaired) electrons. The Morgan fingerprint density at radius 2 is 2.00 bits per heavy atom. The van der Waals surface area contributed by atoms with Gasteiger partial charge in [-0.25, -0.2) is 0 Å². The highest BCUT2D eigenvalue weighted by atomic mass is 32.1. The lowest BCUT2D eigenvalue weighted by molar-refractivity contribution is 0.100. The second kappa shape index (κ2) is 4.23. The summed E-state index contributed by atoms with van der Waals surface area (Å²) < 4.78 is 5.33. The third kappa shape index (κ3) is 1.76. The van der Waals surface area contributed by atoms with E-state index in [1.54, 1.807) is 6.07 Å². The van der Waals surface area contributed by atoms with E-state index in [9.17, 15) is 4.79 Å². The number of nitrogens with zero attached hydrogens (tertiary/aromatic N) is 1. The number of carbonyl (C=O) groups excluding carboxylic acids is 1. The molecule has 1 heterocycles. The zero-order chi connectivity index (χ0) is 12.5. The Kier molecular flexibility index (Phi) is 2.57. The second-order valence-electron chi connectivity index (χ2n) is 3.99. The Balaban J connectivity index is 2.23. The average Bonchev–Trinajstić information content (AvgIpc) is 2.87. The zero-order valence-corrected chi connectivity index (χ0v) is 10.3. The van der Waals surface area contributed by atoms with E-state index in [1.807, 2.05) is 42.6 Å². The first-order chi connectivity index (χ1) is 8.75. The van der Waals surface area contributed by atoms with Crippen LogP contribution >= 0.6 is 11.5 Å². The molecule has 2 aromatic carbocycles. The largest absolute Gasteiger partial charge is 0.366 e. The van der Waals surface area contributed by atoms with Gasteiger partial charge in [-0.1, -0.05) is 24.3 Å². The van der Waals surface area contributed by atoms with E-state index in [-0.39, 0.29) is 0 Å². The lowest BCUT2D eigenvalue weighted by atomic mass is 10.0. The SMILES string of the molecule is NC(=O)c1cccc(-c2cccc3sncc23)c1. The Morgan fingerprint density at radius 3 is 2.83 bits per heavy atom. The van der Waals surface area contributed by atoms with E-state index in [0.29, 0.717) is 5.56 Å². The number of amides is 1. The van der Waals surface area contributed by atoms with Crippen LogP contribution in [0.2, 0.25) is 0 Å². The van der Waals surface area contributed by atoms with Gasteiger partial charge in [0.05, 0.1) is 4.70 Å². The number of hydrogen-bond donors (Lipinski definition) is 1. The topological polar surface area (TPSA) is 56.0 Å². The summed E-state index contributed by atoms with van der Waals surface area (Å²) in [7, 11) is 0. The van der Waals surface area contributed by atoms with Gasteiger partial charge in [0.1, 0.15) is 0 Å². The number of nitrogens with two attached hydrogens (primary N) is 1. The molecule has 18 heavy (non-hydrogen) atoms. The van der Waals surface area contributed by atoms with E-state index in [0.717, 1.165) is 21.2 Å². The van der Waals surface area contributed by atoms with E-state index in [1.165, 1.54) is 11.5 Å². The molecule has 0 fully saturated rings. The maximum absolute atomic E-state index is 11.2. The summed E-state index contributed by atoms with van der Waals surface area (Å²) in [6, 6.07) is 13.4. The van der Waals surface area contributed by atoms with Gasteiger partial charge in [0.15, 0.2) is 0 Å². The van der Waals surface area contributed by atoms with Crippen molar-refractivity contribution in [3.05, 3.63) is 54.2 Å². The first-order valence-electron chi connectivity index (χ1n) is 5.49. The van der Waals surface area contributed by atoms with Crippen LogP contribution in [0.15, 0.2) is 48.7 Å². The van der Waals surface area contributed by atoms with Gasteiger partial charge in [-0.15, -0.1) is 0 Å². The Labute approximate surface area is 108 Å². The molecule has 0 aliphatic carbocycles. The third-order valence-corrected chi connectivity index (χ3v) is 3.62. The summed E-state index contributed by atoms with van der Waals surface area (Å²) in [5.74, 6) is -0.410. The van der Waals surface area contributed by atoms with Gasteiger partial charge in [-0.3, -0.25) is 4.79 Å². The molecule has 4 heteroatoms. The molecule has 3 rings (SSSR count). The molecule has 0 saturated carbocycles. The quantitative estimate of drug-likeness (QED) is 0.764. The lowest BCUT2D eigenvalue weighted by Gasteiger charge is -2.04. The fourth-order valence-electron chi connectivity index (χ4n) is 1.98. The van der Waals surface area contributed by atoms with Crippen molar-refractivity contribution in [2.45, 2.75) is 0 Å². The Morgan fingerprint density at radius 1 is 1.17 bits per heavy atom. The first-order valence-corrected chi connectivity index (χ1v) is 6.27. The zero-order valence-electron chi connectivity index (χ0n) is 9.46. The van der Waals surface area contributed by atoms with E-state index >= 15 is 0 Å². The Bertz CT molecular complexity index is 733. The van der Waals surface area contributed by atoms with Crippen LogP contribution in [0.3, 0.4) is 0 Å². The predicted octanol–water partition coefficient (Wildman–Crippen LogP) is 3.06. The van der Waals surface area contributed by atoms with Crippen LogP contribution in [0.1, 0.15) is 10.4 Å². The number of fused-ring (bicyclic) bond motifs is 1. The molecule has 0 bridgehead atoms. The smallest absolute Gasteiger partial charge is 0.248 e. The summed E-state index contributed by atoms with van der Waals surface area (Å²) in [6.07, 6.45) is 1.85. The molecule has 3 nitrogen and oxygen atoms in total. The predicted molar refractivity (Wildman–Crippen MR) is 73.6 cm³/mol. The third-order valence-electron chi connectivity index (χ3n) is 2.86. The molecule has 0 aliphatic rings. The number of primary amides is 1. The van der Waals surface area contributed by atoms with Gasteiger partial charge in [0.2, 0.25) is 5.91 Å². The number of rotatable bonds is 2. The van der Waals surface area contributed by atoms with Crippen molar-refractivity contribution in [3.8, 4) is 11.1 Å². The lowest BCUT2D eigenvalue weighted by Crippen LogP contribution is -2.10. The van der Waals surface area contributed by atoms with Crippen molar-refractivity contribution in [1.82, 2.24) is 4.37 Å². The van der Waals surface area contributed by atoms with Crippen molar-refractivity contribution < 1.29 is 4.79 Å². The van der Waals surface area contributed by atoms with Crippen molar-refractivity contribution in [2.75, 3.05) is 0 Å². The fraction of sp³-hybridized carbons (Fsp3) is 0. The number of benzene rings is 2. The molecular weight excluding hydrogens is 244 g/mol. The summed E-state index contributed by atoms with van der Waals surface area (Å²) in [5, 5.41) is 1.10. The van der Waals surface area contributed by atoms with Crippen molar-refractivity contribution in [1.29, 1.82) is 0 Å². The number of carbonyl (C=O) groups is 1. The fourth-order valence-corrected chi connectivity index (χ4v) is 2.66. The first kappa shape index (κ1) is 10.9. The van der Waals surface area contributed by atoms with Gasteiger partial charge < -0.3 is 5.73 Å². The monoisotopic (exact) mass is 254 g/mol. The summed E-state index contributed by atoms with van der Waals surface area (Å²) in [4.78, 5) is 11.2. The normalized spacial score (nSPS) is 10.7. The second-order valence-corrected chi connectivity index (χ2v) is 4.82. The van der Waals surface area contributed by atoms with Gasteiger partial charge >= 0.3 is 0 Å². The van der Waals surface area contributed by atoms with E-state index in [2.05, 4.69) is 4.37 Å². The average molecular weight is 254 g/mol. The van der Waals surface area contributed by atoms with Crippen molar-refractivity contribution >= 4 is 27.5 Å². The van der Waals surface area contributed by atoms with Gasteiger partial charge in [-0.2, -0.15) is 4.37 Å². The highest BCUT2D eigenvalue weighted by Gasteiger charge is 2.07. The highest BCUT2D eigenvalue weighted by molar-refractivity contribution is 7.13. The molecule has 0 saturated heterocycles. The molecule has 0 aliphatic heterocycles. The maximum atomic E-state index is 11.2. The molecule has 3 aromatic rings. The number of aromatic nitrogens is 1. The molecule has 88 valence electrons. The highest BCUT2D eigenvalue weighted by Crippen LogP contribution is 2.30. The van der Waals surface area contributed by atoms with Crippen LogP contribution < -0.4 is 5.73 Å². The van der Waals surface area contributed by atoms with Crippen molar-refractivity contribution in [3.63, 3.8) is 0 Å². The van der Waals surface area contributed by atoms with Gasteiger partial charge in [-0.05, 0) is 40.9 Å². The van der Waals surface area contributed by atoms with Crippen LogP contribution in [0, 0.1) is 0 Å². The minimum Gasteiger partial charge on any atom is -0.366 e. The van der Waals surface area contributed by atoms with Crippen LogP contribution in [0.4, 0.5) is 0 Å². The van der Waals surface area contributed by atoms with Crippen molar-refractivity contribution in [2.24, 2.45) is 5.73 Å². The van der Waals surface area contributed by atoms with E-state index < -0.39 is 5.91 Å². The molecule has 2 N–H and O–H groups in total. The minimum atomic E-state index is -0.410. The summed E-state index contributed by atoms with van der Waals surface area (Å²) in [6.45, 7) is 0. The molecule has 1 amide bonds. The minimum absolute atomic E-state index is 0.410. The summed E-state index contributed by atoms with van der Waals surface area (Å²) in [5.41, 5.74) is 7.88. The molecule has 1 aromatic heterocycles. The molecular formula is C14H10N2OS. The molecule has 0 unspecified atom stereocenters. The molecule has 0 atom stereocenters. The van der Waals surface area contributed by atoms with Gasteiger partial charge in [0.25, 0.3) is 0 Å². The van der Waals surface area contributed by atoms with Gasteiger partial charge in [0, 0.05) is 17.1 Å². The number of hydrogen-bond acceptors (Lipinski definition) is 3. The Hall–Kier alpha value is -2.20. The maximum Gasteiger partial charge on any atom is 0.248 e. The van der Waals surface area contributed by atoms with Crippen LogP contribution in [-0.4, -0.2) is 10.3 Å². The molecule has 0 spiro atoms. The van der Waals surface area contributed by atoms with Crippen LogP contribution in [0.5, 0.6) is 0 Å². The van der Waals surface area contributed by atoms with Crippen LogP contribution in [0.25, 0.3) is 21.2 Å².